The van der Waals surface area contributed by atoms with Crippen LogP contribution in [0.3, 0.4) is 0 Å². The standard InChI is InChI=1S/C22H21NO6/c24-17(15-1-3-18-19(10-15)27-8-7-26-18)2-4-22(25)23-6-5-14-9-20-21(29-13-28-20)11-16(14)12-23/h1,3,9-11H,2,4-8,12-13H2. The first-order valence-electron chi connectivity index (χ1n) is 9.79. The third-order valence-corrected chi connectivity index (χ3v) is 5.49. The number of hydrogen-bond acceptors (Lipinski definition) is 6. The van der Waals surface area contributed by atoms with Crippen molar-refractivity contribution >= 4 is 11.7 Å². The smallest absolute Gasteiger partial charge is 0.231 e. The van der Waals surface area contributed by atoms with E-state index in [2.05, 4.69) is 0 Å². The van der Waals surface area contributed by atoms with Crippen LogP contribution in [0, 0.1) is 0 Å². The molecule has 3 aliphatic rings. The molecule has 0 fully saturated rings. The molecule has 5 rings (SSSR count). The van der Waals surface area contributed by atoms with E-state index in [0.29, 0.717) is 43.4 Å². The maximum Gasteiger partial charge on any atom is 0.231 e. The van der Waals surface area contributed by atoms with Gasteiger partial charge in [0.05, 0.1) is 0 Å². The number of Topliss-reactive ketones (excluding diaryl/α,β-unsaturated/α-hetero) is 1. The number of rotatable bonds is 4. The van der Waals surface area contributed by atoms with Crippen LogP contribution in [0.25, 0.3) is 0 Å². The molecule has 0 atom stereocenters. The van der Waals surface area contributed by atoms with Crippen LogP contribution < -0.4 is 18.9 Å². The molecule has 0 N–H and O–H groups in total. The Morgan fingerprint density at radius 1 is 0.828 bits per heavy atom. The number of hydrogen-bond donors (Lipinski definition) is 0. The average Bonchev–Trinajstić information content (AvgIpc) is 3.22. The topological polar surface area (TPSA) is 74.3 Å². The number of carbonyl (C=O) groups excluding carboxylic acids is 2. The molecule has 7 heteroatoms. The van der Waals surface area contributed by atoms with Crippen LogP contribution in [-0.4, -0.2) is 43.1 Å². The number of fused-ring (bicyclic) bond motifs is 3. The Balaban J connectivity index is 1.20. The van der Waals surface area contributed by atoms with Crippen LogP contribution in [0.1, 0.15) is 34.3 Å². The zero-order chi connectivity index (χ0) is 19.8. The van der Waals surface area contributed by atoms with Gasteiger partial charge in [-0.25, -0.2) is 0 Å². The molecule has 150 valence electrons. The maximum atomic E-state index is 12.7. The van der Waals surface area contributed by atoms with Crippen molar-refractivity contribution in [3.05, 3.63) is 47.0 Å². The lowest BCUT2D eigenvalue weighted by Crippen LogP contribution is -2.36. The summed E-state index contributed by atoms with van der Waals surface area (Å²) in [5, 5.41) is 0. The molecule has 29 heavy (non-hydrogen) atoms. The maximum absolute atomic E-state index is 12.7. The molecule has 0 aromatic heterocycles. The first-order chi connectivity index (χ1) is 14.2. The van der Waals surface area contributed by atoms with Crippen molar-refractivity contribution in [3.63, 3.8) is 0 Å². The van der Waals surface area contributed by atoms with Crippen LogP contribution in [0.15, 0.2) is 30.3 Å². The molecule has 0 unspecified atom stereocenters. The molecular weight excluding hydrogens is 374 g/mol. The van der Waals surface area contributed by atoms with Gasteiger partial charge in [0.15, 0.2) is 28.8 Å². The van der Waals surface area contributed by atoms with Crippen LogP contribution in [-0.2, 0) is 17.8 Å². The molecular formula is C22H21NO6. The van der Waals surface area contributed by atoms with Crippen molar-refractivity contribution in [2.75, 3.05) is 26.6 Å². The monoisotopic (exact) mass is 395 g/mol. The fraction of sp³-hybridized carbons (Fsp3) is 0.364. The van der Waals surface area contributed by atoms with Crippen LogP contribution in [0.4, 0.5) is 0 Å². The van der Waals surface area contributed by atoms with Gasteiger partial charge in [-0.15, -0.1) is 0 Å². The van der Waals surface area contributed by atoms with E-state index in [9.17, 15) is 9.59 Å². The van der Waals surface area contributed by atoms with Gasteiger partial charge in [-0.3, -0.25) is 9.59 Å². The van der Waals surface area contributed by atoms with Crippen molar-refractivity contribution in [3.8, 4) is 23.0 Å². The van der Waals surface area contributed by atoms with Gasteiger partial charge in [-0.05, 0) is 47.9 Å². The van der Waals surface area contributed by atoms with Gasteiger partial charge < -0.3 is 23.8 Å². The number of ether oxygens (including phenoxy) is 4. The molecule has 0 bridgehead atoms. The number of benzene rings is 2. The predicted molar refractivity (Wildman–Crippen MR) is 103 cm³/mol. The minimum atomic E-state index is -0.0731. The summed E-state index contributed by atoms with van der Waals surface area (Å²) in [4.78, 5) is 27.0. The highest BCUT2D eigenvalue weighted by atomic mass is 16.7. The summed E-state index contributed by atoms with van der Waals surface area (Å²) in [7, 11) is 0. The highest BCUT2D eigenvalue weighted by Crippen LogP contribution is 2.37. The summed E-state index contributed by atoms with van der Waals surface area (Å²) >= 11 is 0. The van der Waals surface area contributed by atoms with Gasteiger partial charge in [-0.1, -0.05) is 0 Å². The quantitative estimate of drug-likeness (QED) is 0.741. The summed E-state index contributed by atoms with van der Waals surface area (Å²) in [5.41, 5.74) is 2.80. The third kappa shape index (κ3) is 3.48. The van der Waals surface area contributed by atoms with Crippen LogP contribution in [0.2, 0.25) is 0 Å². The highest BCUT2D eigenvalue weighted by Gasteiger charge is 2.25. The summed E-state index contributed by atoms with van der Waals surface area (Å²) in [6.07, 6.45) is 1.13. The normalized spacial score (nSPS) is 16.3. The lowest BCUT2D eigenvalue weighted by Gasteiger charge is -2.29. The number of carbonyl (C=O) groups is 2. The van der Waals surface area contributed by atoms with E-state index in [1.54, 1.807) is 18.2 Å². The van der Waals surface area contributed by atoms with Gasteiger partial charge in [0.1, 0.15) is 13.2 Å². The molecule has 0 aliphatic carbocycles. The van der Waals surface area contributed by atoms with Crippen LogP contribution >= 0.6 is 0 Å². The van der Waals surface area contributed by atoms with E-state index in [0.717, 1.165) is 23.5 Å². The third-order valence-electron chi connectivity index (χ3n) is 5.49. The Morgan fingerprint density at radius 3 is 2.38 bits per heavy atom. The van der Waals surface area contributed by atoms with E-state index in [4.69, 9.17) is 18.9 Å². The average molecular weight is 395 g/mol. The fourth-order valence-corrected chi connectivity index (χ4v) is 3.90. The summed E-state index contributed by atoms with van der Waals surface area (Å²) in [5.74, 6) is 2.65. The zero-order valence-corrected chi connectivity index (χ0v) is 15.9. The number of ketones is 1. The predicted octanol–water partition coefficient (Wildman–Crippen LogP) is 2.73. The summed E-state index contributed by atoms with van der Waals surface area (Å²) in [6.45, 7) is 2.39. The molecule has 0 saturated carbocycles. The van der Waals surface area contributed by atoms with Gasteiger partial charge in [0, 0.05) is 31.5 Å². The molecule has 2 aromatic rings. The minimum Gasteiger partial charge on any atom is -0.486 e. The molecule has 3 aliphatic heterocycles. The summed E-state index contributed by atoms with van der Waals surface area (Å²) in [6, 6.07) is 9.12. The van der Waals surface area contributed by atoms with Crippen molar-refractivity contribution in [1.29, 1.82) is 0 Å². The van der Waals surface area contributed by atoms with E-state index >= 15 is 0 Å². The molecule has 7 nitrogen and oxygen atoms in total. The van der Waals surface area contributed by atoms with Gasteiger partial charge in [0.2, 0.25) is 12.7 Å². The minimum absolute atomic E-state index is 0.0146. The van der Waals surface area contributed by atoms with Gasteiger partial charge in [0.25, 0.3) is 0 Å². The Kier molecular flexibility index (Phi) is 4.50. The highest BCUT2D eigenvalue weighted by molar-refractivity contribution is 5.98. The first kappa shape index (κ1) is 17.8. The number of nitrogens with zero attached hydrogens (tertiary/aromatic N) is 1. The Bertz CT molecular complexity index is 986. The Labute approximate surface area is 168 Å². The second kappa shape index (κ2) is 7.31. The second-order valence-corrected chi connectivity index (χ2v) is 7.32. The first-order valence-corrected chi connectivity index (χ1v) is 9.79. The second-order valence-electron chi connectivity index (χ2n) is 7.32. The van der Waals surface area contributed by atoms with Gasteiger partial charge in [-0.2, -0.15) is 0 Å². The molecule has 0 radical (unpaired) electrons. The molecule has 0 saturated heterocycles. The Morgan fingerprint density at radius 2 is 1.55 bits per heavy atom. The number of amides is 1. The Hall–Kier alpha value is -3.22. The molecule has 1 amide bonds. The molecule has 2 aromatic carbocycles. The van der Waals surface area contributed by atoms with Crippen molar-refractivity contribution in [1.82, 2.24) is 4.90 Å². The van der Waals surface area contributed by atoms with E-state index in [1.165, 1.54) is 5.56 Å². The van der Waals surface area contributed by atoms with Crippen LogP contribution in [0.5, 0.6) is 23.0 Å². The fourth-order valence-electron chi connectivity index (χ4n) is 3.90. The molecule has 0 spiro atoms. The lowest BCUT2D eigenvalue weighted by molar-refractivity contribution is -0.132. The van der Waals surface area contributed by atoms with Crippen molar-refractivity contribution in [2.45, 2.75) is 25.8 Å². The lowest BCUT2D eigenvalue weighted by atomic mass is 9.98. The largest absolute Gasteiger partial charge is 0.486 e. The van der Waals surface area contributed by atoms with Gasteiger partial charge >= 0.3 is 0 Å². The summed E-state index contributed by atoms with van der Waals surface area (Å²) < 4.78 is 21.9. The SMILES string of the molecule is O=C(CCC(=O)N1CCc2cc3c(cc2C1)OCO3)c1ccc2c(c1)OCCO2. The van der Waals surface area contributed by atoms with Crippen molar-refractivity contribution in [2.24, 2.45) is 0 Å². The molecule has 3 heterocycles. The van der Waals surface area contributed by atoms with E-state index < -0.39 is 0 Å². The van der Waals surface area contributed by atoms with E-state index in [-0.39, 0.29) is 31.3 Å². The van der Waals surface area contributed by atoms with Crippen molar-refractivity contribution < 1.29 is 28.5 Å². The van der Waals surface area contributed by atoms with E-state index in [1.807, 2.05) is 17.0 Å². The zero-order valence-electron chi connectivity index (χ0n) is 15.9.